The number of hydrogen-bond donors (Lipinski definition) is 4. The van der Waals surface area contributed by atoms with Crippen LogP contribution in [0.4, 0.5) is 4.79 Å². The van der Waals surface area contributed by atoms with E-state index in [9.17, 15) is 9.59 Å². The number of aliphatic carboxylic acids is 1. The van der Waals surface area contributed by atoms with Crippen molar-refractivity contribution in [3.8, 4) is 0 Å². The van der Waals surface area contributed by atoms with E-state index in [0.29, 0.717) is 25.6 Å². The van der Waals surface area contributed by atoms with Gasteiger partial charge in [-0.2, -0.15) is 0 Å². The van der Waals surface area contributed by atoms with E-state index >= 15 is 0 Å². The molecule has 0 spiro atoms. The highest BCUT2D eigenvalue weighted by atomic mass is 16.4. The highest BCUT2D eigenvalue weighted by Gasteiger charge is 2.15. The van der Waals surface area contributed by atoms with E-state index in [-0.39, 0.29) is 18.4 Å². The number of rotatable bonds is 8. The minimum absolute atomic E-state index is 0.0314. The van der Waals surface area contributed by atoms with Gasteiger partial charge in [0, 0.05) is 26.1 Å². The van der Waals surface area contributed by atoms with Crippen LogP contribution in [-0.4, -0.2) is 36.7 Å². The Morgan fingerprint density at radius 2 is 1.94 bits per heavy atom. The van der Waals surface area contributed by atoms with Crippen molar-refractivity contribution in [3.63, 3.8) is 0 Å². The molecule has 2 amide bonds. The number of carbonyl (C=O) groups excluding carboxylic acids is 1. The van der Waals surface area contributed by atoms with Gasteiger partial charge in [-0.15, -0.1) is 0 Å². The third-order valence-corrected chi connectivity index (χ3v) is 2.25. The highest BCUT2D eigenvalue weighted by molar-refractivity contribution is 5.74. The van der Waals surface area contributed by atoms with Gasteiger partial charge in [-0.1, -0.05) is 13.8 Å². The normalized spacial score (nSPS) is 12.2. The Labute approximate surface area is 102 Å². The molecule has 17 heavy (non-hydrogen) atoms. The van der Waals surface area contributed by atoms with Gasteiger partial charge < -0.3 is 21.5 Å². The van der Waals surface area contributed by atoms with E-state index in [2.05, 4.69) is 10.6 Å². The van der Waals surface area contributed by atoms with Gasteiger partial charge in [-0.25, -0.2) is 4.79 Å². The molecule has 0 aromatic heterocycles. The molecule has 0 radical (unpaired) electrons. The van der Waals surface area contributed by atoms with Crippen LogP contribution in [0.2, 0.25) is 0 Å². The summed E-state index contributed by atoms with van der Waals surface area (Å²) in [6, 6.07) is -0.297. The summed E-state index contributed by atoms with van der Waals surface area (Å²) >= 11 is 0. The second kappa shape index (κ2) is 8.81. The van der Waals surface area contributed by atoms with E-state index in [1.54, 1.807) is 0 Å². The van der Waals surface area contributed by atoms with Crippen LogP contribution in [0.5, 0.6) is 0 Å². The predicted molar refractivity (Wildman–Crippen MR) is 65.7 cm³/mol. The Bertz CT molecular complexity index is 244. The first-order chi connectivity index (χ1) is 7.95. The molecule has 6 heteroatoms. The third kappa shape index (κ3) is 9.62. The van der Waals surface area contributed by atoms with Gasteiger partial charge in [0.1, 0.15) is 0 Å². The molecule has 0 unspecified atom stereocenters. The molecule has 0 rings (SSSR count). The van der Waals surface area contributed by atoms with Crippen LogP contribution in [-0.2, 0) is 4.79 Å². The van der Waals surface area contributed by atoms with Crippen LogP contribution in [0, 0.1) is 11.8 Å². The first kappa shape index (κ1) is 15.7. The molecule has 1 atom stereocenters. The summed E-state index contributed by atoms with van der Waals surface area (Å²) < 4.78 is 0. The molecule has 0 aromatic carbocycles. The average molecular weight is 245 g/mol. The van der Waals surface area contributed by atoms with Crippen LogP contribution in [0.25, 0.3) is 0 Å². The quantitative estimate of drug-likeness (QED) is 0.496. The summed E-state index contributed by atoms with van der Waals surface area (Å²) in [4.78, 5) is 21.9. The molecule has 0 bridgehead atoms. The van der Waals surface area contributed by atoms with Crippen LogP contribution in [0.3, 0.4) is 0 Å². The molecule has 0 fully saturated rings. The zero-order valence-electron chi connectivity index (χ0n) is 10.5. The maximum Gasteiger partial charge on any atom is 0.314 e. The Kier molecular flexibility index (Phi) is 8.13. The lowest BCUT2D eigenvalue weighted by molar-refractivity contribution is -0.138. The molecule has 0 aliphatic carbocycles. The van der Waals surface area contributed by atoms with Crippen LogP contribution >= 0.6 is 0 Å². The van der Waals surface area contributed by atoms with Gasteiger partial charge in [0.05, 0.1) is 0 Å². The molecule has 0 aliphatic heterocycles. The van der Waals surface area contributed by atoms with Crippen molar-refractivity contribution < 1.29 is 14.7 Å². The lowest BCUT2D eigenvalue weighted by Gasteiger charge is -2.17. The van der Waals surface area contributed by atoms with Gasteiger partial charge >= 0.3 is 12.0 Å². The lowest BCUT2D eigenvalue weighted by Crippen LogP contribution is -2.40. The van der Waals surface area contributed by atoms with Crippen molar-refractivity contribution in [1.29, 1.82) is 0 Å². The van der Waals surface area contributed by atoms with Crippen molar-refractivity contribution >= 4 is 12.0 Å². The zero-order chi connectivity index (χ0) is 13.3. The molecule has 5 N–H and O–H groups in total. The minimum Gasteiger partial charge on any atom is -0.481 e. The summed E-state index contributed by atoms with van der Waals surface area (Å²) in [6.07, 6.45) is 0.860. The second-order valence-corrected chi connectivity index (χ2v) is 4.52. The number of nitrogens with two attached hydrogens (primary N) is 1. The van der Waals surface area contributed by atoms with Crippen molar-refractivity contribution in [2.45, 2.75) is 26.7 Å². The molecule has 0 aliphatic rings. The molecule has 0 heterocycles. The predicted octanol–water partition coefficient (Wildman–Crippen LogP) is 0.381. The largest absolute Gasteiger partial charge is 0.481 e. The Morgan fingerprint density at radius 1 is 1.29 bits per heavy atom. The highest BCUT2D eigenvalue weighted by Crippen LogP contribution is 2.14. The van der Waals surface area contributed by atoms with Crippen LogP contribution in [0.1, 0.15) is 26.7 Å². The number of carboxylic acids is 1. The SMILES string of the molecule is CC(C)C[C@H](CNC(=O)NCCN)CC(=O)O. The van der Waals surface area contributed by atoms with E-state index in [1.165, 1.54) is 0 Å². The number of hydrogen-bond acceptors (Lipinski definition) is 3. The van der Waals surface area contributed by atoms with E-state index < -0.39 is 5.97 Å². The molecular formula is C11H23N3O3. The van der Waals surface area contributed by atoms with Gasteiger partial charge in [0.2, 0.25) is 0 Å². The molecule has 100 valence electrons. The number of amides is 2. The van der Waals surface area contributed by atoms with Crippen molar-refractivity contribution in [3.05, 3.63) is 0 Å². The van der Waals surface area contributed by atoms with Crippen LogP contribution in [0.15, 0.2) is 0 Å². The number of urea groups is 1. The summed E-state index contributed by atoms with van der Waals surface area (Å²) in [5.41, 5.74) is 5.24. The fraction of sp³-hybridized carbons (Fsp3) is 0.818. The van der Waals surface area contributed by atoms with Gasteiger partial charge in [0.25, 0.3) is 0 Å². The monoisotopic (exact) mass is 245 g/mol. The molecule has 0 aromatic rings. The maximum absolute atomic E-state index is 11.3. The van der Waals surface area contributed by atoms with Crippen molar-refractivity contribution in [2.24, 2.45) is 17.6 Å². The zero-order valence-corrected chi connectivity index (χ0v) is 10.5. The van der Waals surface area contributed by atoms with Gasteiger partial charge in [-0.05, 0) is 18.3 Å². The fourth-order valence-corrected chi connectivity index (χ4v) is 1.64. The smallest absolute Gasteiger partial charge is 0.314 e. The Balaban J connectivity index is 3.97. The Hall–Kier alpha value is -1.30. The number of carboxylic acid groups (broad SMARTS) is 1. The molecule has 6 nitrogen and oxygen atoms in total. The van der Waals surface area contributed by atoms with E-state index in [4.69, 9.17) is 10.8 Å². The Morgan fingerprint density at radius 3 is 2.41 bits per heavy atom. The van der Waals surface area contributed by atoms with Crippen molar-refractivity contribution in [1.82, 2.24) is 10.6 Å². The molecular weight excluding hydrogens is 222 g/mol. The van der Waals surface area contributed by atoms with E-state index in [1.807, 2.05) is 13.8 Å². The average Bonchev–Trinajstić information content (AvgIpc) is 2.21. The first-order valence-electron chi connectivity index (χ1n) is 5.89. The van der Waals surface area contributed by atoms with Crippen LogP contribution < -0.4 is 16.4 Å². The van der Waals surface area contributed by atoms with Crippen molar-refractivity contribution in [2.75, 3.05) is 19.6 Å². The third-order valence-electron chi connectivity index (χ3n) is 2.25. The summed E-state index contributed by atoms with van der Waals surface area (Å²) in [5, 5.41) is 14.0. The second-order valence-electron chi connectivity index (χ2n) is 4.52. The number of carbonyl (C=O) groups is 2. The number of nitrogens with one attached hydrogen (secondary N) is 2. The van der Waals surface area contributed by atoms with Gasteiger partial charge in [0.15, 0.2) is 0 Å². The summed E-state index contributed by atoms with van der Waals surface area (Å²) in [7, 11) is 0. The topological polar surface area (TPSA) is 104 Å². The maximum atomic E-state index is 11.3. The molecule has 0 saturated carbocycles. The molecule has 0 saturated heterocycles. The summed E-state index contributed by atoms with van der Waals surface area (Å²) in [6.45, 7) is 5.24. The van der Waals surface area contributed by atoms with Gasteiger partial charge in [-0.3, -0.25) is 4.79 Å². The van der Waals surface area contributed by atoms with E-state index in [0.717, 1.165) is 6.42 Å². The fourth-order valence-electron chi connectivity index (χ4n) is 1.64. The lowest BCUT2D eigenvalue weighted by atomic mass is 9.94. The first-order valence-corrected chi connectivity index (χ1v) is 5.89. The minimum atomic E-state index is -0.834. The standard InChI is InChI=1S/C11H23N3O3/c1-8(2)5-9(6-10(15)16)7-14-11(17)13-4-3-12/h8-9H,3-7,12H2,1-2H3,(H,15,16)(H2,13,14,17)/t9-/m0/s1. The summed E-state index contributed by atoms with van der Waals surface area (Å²) in [5.74, 6) is -0.454.